The monoisotopic (exact) mass is 315 g/mol. The number of carbonyl (C=O) groups is 3. The van der Waals surface area contributed by atoms with Crippen molar-refractivity contribution in [2.45, 2.75) is 0 Å². The van der Waals surface area contributed by atoms with Gasteiger partial charge in [0.15, 0.2) is 0 Å². The Kier molecular flexibility index (Phi) is 3.80. The molecule has 0 spiro atoms. The number of imide groups is 1. The molecule has 2 heterocycles. The van der Waals surface area contributed by atoms with Gasteiger partial charge >= 0.3 is 5.97 Å². The average molecular weight is 315 g/mol. The number of benzene rings is 1. The second kappa shape index (κ2) is 5.90. The van der Waals surface area contributed by atoms with E-state index in [0.29, 0.717) is 16.2 Å². The fourth-order valence-electron chi connectivity index (χ4n) is 1.76. The molecule has 6 nitrogen and oxygen atoms in total. The van der Waals surface area contributed by atoms with Gasteiger partial charge in [0.05, 0.1) is 11.2 Å². The van der Waals surface area contributed by atoms with Crippen molar-refractivity contribution in [3.05, 3.63) is 58.9 Å². The predicted octanol–water partition coefficient (Wildman–Crippen LogP) is 2.82. The first-order chi connectivity index (χ1) is 10.6. The molecule has 0 atom stereocenters. The van der Waals surface area contributed by atoms with Crippen LogP contribution >= 0.6 is 11.8 Å². The zero-order valence-electron chi connectivity index (χ0n) is 11.1. The summed E-state index contributed by atoms with van der Waals surface area (Å²) >= 11 is 0.845. The van der Waals surface area contributed by atoms with Crippen molar-refractivity contribution in [2.24, 2.45) is 0 Å². The summed E-state index contributed by atoms with van der Waals surface area (Å²) in [6.45, 7) is 0. The number of nitrogens with one attached hydrogen (secondary N) is 1. The number of amides is 2. The molecule has 0 bridgehead atoms. The highest BCUT2D eigenvalue weighted by atomic mass is 32.2. The van der Waals surface area contributed by atoms with Gasteiger partial charge in [0, 0.05) is 0 Å². The van der Waals surface area contributed by atoms with E-state index in [2.05, 4.69) is 5.32 Å². The minimum absolute atomic E-state index is 0.115. The molecule has 0 saturated carbocycles. The first-order valence-corrected chi connectivity index (χ1v) is 7.04. The van der Waals surface area contributed by atoms with Gasteiger partial charge in [-0.15, -0.1) is 0 Å². The zero-order valence-corrected chi connectivity index (χ0v) is 11.9. The number of thioether (sulfide) groups is 1. The molecule has 2 amide bonds. The molecule has 1 aliphatic rings. The number of ether oxygens (including phenoxy) is 1. The predicted molar refractivity (Wildman–Crippen MR) is 79.2 cm³/mol. The molecule has 1 saturated heterocycles. The molecule has 3 rings (SSSR count). The van der Waals surface area contributed by atoms with Crippen molar-refractivity contribution >= 4 is 35.0 Å². The van der Waals surface area contributed by atoms with E-state index in [1.807, 2.05) is 0 Å². The lowest BCUT2D eigenvalue weighted by molar-refractivity contribution is -0.115. The van der Waals surface area contributed by atoms with E-state index in [1.54, 1.807) is 36.4 Å². The van der Waals surface area contributed by atoms with Gasteiger partial charge in [-0.1, -0.05) is 12.1 Å². The number of esters is 1. The fraction of sp³-hybridized carbons (Fsp3) is 0. The topological polar surface area (TPSA) is 85.6 Å². The third-order valence-corrected chi connectivity index (χ3v) is 3.56. The summed E-state index contributed by atoms with van der Waals surface area (Å²) in [5.41, 5.74) is 0.713. The van der Waals surface area contributed by atoms with Crippen LogP contribution < -0.4 is 10.1 Å². The molecule has 22 heavy (non-hydrogen) atoms. The van der Waals surface area contributed by atoms with E-state index < -0.39 is 11.9 Å². The van der Waals surface area contributed by atoms with Crippen molar-refractivity contribution in [1.82, 2.24) is 5.32 Å². The van der Waals surface area contributed by atoms with Gasteiger partial charge in [-0.2, -0.15) is 0 Å². The lowest BCUT2D eigenvalue weighted by Gasteiger charge is -2.02. The quantitative estimate of drug-likeness (QED) is 0.532. The molecule has 1 N–H and O–H groups in total. The lowest BCUT2D eigenvalue weighted by atomic mass is 10.2. The minimum atomic E-state index is -0.590. The smallest absolute Gasteiger partial charge is 0.379 e. The Morgan fingerprint density at radius 3 is 2.55 bits per heavy atom. The van der Waals surface area contributed by atoms with Crippen LogP contribution in [0.1, 0.15) is 16.1 Å². The first kappa shape index (κ1) is 14.2. The van der Waals surface area contributed by atoms with Gasteiger partial charge in [-0.25, -0.2) is 4.79 Å². The molecule has 1 aliphatic heterocycles. The molecular weight excluding hydrogens is 306 g/mol. The molecule has 2 aromatic rings. The molecule has 1 aromatic heterocycles. The summed E-state index contributed by atoms with van der Waals surface area (Å²) in [5, 5.41) is 1.79. The third kappa shape index (κ3) is 3.09. The lowest BCUT2D eigenvalue weighted by Crippen LogP contribution is -2.17. The summed E-state index contributed by atoms with van der Waals surface area (Å²) < 4.78 is 10.1. The fourth-order valence-corrected chi connectivity index (χ4v) is 2.44. The molecule has 7 heteroatoms. The molecule has 1 fully saturated rings. The molecule has 0 radical (unpaired) electrons. The molecule has 1 aromatic carbocycles. The van der Waals surface area contributed by atoms with Crippen LogP contribution in [0.25, 0.3) is 6.08 Å². The normalized spacial score (nSPS) is 15.9. The maximum Gasteiger partial charge on any atom is 0.379 e. The number of carbonyl (C=O) groups excluding carboxylic acids is 3. The summed E-state index contributed by atoms with van der Waals surface area (Å²) in [5.74, 6) is -0.539. The van der Waals surface area contributed by atoms with Gasteiger partial charge in [-0.05, 0) is 47.7 Å². The van der Waals surface area contributed by atoms with E-state index in [1.165, 1.54) is 12.3 Å². The van der Waals surface area contributed by atoms with Crippen LogP contribution in [0, 0.1) is 0 Å². The van der Waals surface area contributed by atoms with Crippen molar-refractivity contribution < 1.29 is 23.5 Å². The van der Waals surface area contributed by atoms with Crippen LogP contribution in [0.3, 0.4) is 0 Å². The van der Waals surface area contributed by atoms with Crippen LogP contribution in [-0.2, 0) is 4.79 Å². The summed E-state index contributed by atoms with van der Waals surface area (Å²) in [7, 11) is 0. The average Bonchev–Trinajstić information content (AvgIpc) is 3.12. The number of furan rings is 1. The highest BCUT2D eigenvalue weighted by Crippen LogP contribution is 2.26. The van der Waals surface area contributed by atoms with Gasteiger partial charge in [0.25, 0.3) is 11.1 Å². The highest BCUT2D eigenvalue weighted by molar-refractivity contribution is 8.18. The van der Waals surface area contributed by atoms with Crippen LogP contribution in [0.2, 0.25) is 0 Å². The zero-order chi connectivity index (χ0) is 15.5. The maximum absolute atomic E-state index is 11.7. The number of hydrogen-bond acceptors (Lipinski definition) is 6. The second-order valence-electron chi connectivity index (χ2n) is 4.29. The summed E-state index contributed by atoms with van der Waals surface area (Å²) in [6.07, 6.45) is 2.97. The van der Waals surface area contributed by atoms with Crippen molar-refractivity contribution in [3.8, 4) is 5.75 Å². The number of hydrogen-bond donors (Lipinski definition) is 1. The standard InChI is InChI=1S/C15H9NO5S/c17-13-12(22-15(19)16-13)8-9-3-5-10(6-4-9)21-14(18)11-2-1-7-20-11/h1-8H,(H,16,17,19)/b12-8+. The summed E-state index contributed by atoms with van der Waals surface area (Å²) in [6, 6.07) is 9.63. The second-order valence-corrected chi connectivity index (χ2v) is 5.30. The Labute approximate surface area is 129 Å². The van der Waals surface area contributed by atoms with Crippen LogP contribution in [0.4, 0.5) is 4.79 Å². The molecule has 0 aliphatic carbocycles. The van der Waals surface area contributed by atoms with E-state index in [4.69, 9.17) is 9.15 Å². The van der Waals surface area contributed by atoms with Crippen LogP contribution in [0.15, 0.2) is 52.0 Å². The van der Waals surface area contributed by atoms with Crippen molar-refractivity contribution in [1.29, 1.82) is 0 Å². The summed E-state index contributed by atoms with van der Waals surface area (Å²) in [4.78, 5) is 34.5. The van der Waals surface area contributed by atoms with Gasteiger partial charge in [0.1, 0.15) is 5.75 Å². The van der Waals surface area contributed by atoms with Gasteiger partial charge in [-0.3, -0.25) is 14.9 Å². The SMILES string of the molecule is O=C1NC(=O)/C(=C\c2ccc(OC(=O)c3ccco3)cc2)S1. The maximum atomic E-state index is 11.7. The van der Waals surface area contributed by atoms with E-state index in [9.17, 15) is 14.4 Å². The Balaban J connectivity index is 1.71. The van der Waals surface area contributed by atoms with Crippen LogP contribution in [-0.4, -0.2) is 17.1 Å². The van der Waals surface area contributed by atoms with Gasteiger partial charge in [0.2, 0.25) is 5.76 Å². The molecule has 110 valence electrons. The van der Waals surface area contributed by atoms with Crippen LogP contribution in [0.5, 0.6) is 5.75 Å². The molecule has 0 unspecified atom stereocenters. The van der Waals surface area contributed by atoms with E-state index >= 15 is 0 Å². The largest absolute Gasteiger partial charge is 0.457 e. The van der Waals surface area contributed by atoms with Gasteiger partial charge < -0.3 is 9.15 Å². The Bertz CT molecular complexity index is 762. The third-order valence-electron chi connectivity index (χ3n) is 2.75. The van der Waals surface area contributed by atoms with E-state index in [-0.39, 0.29) is 11.0 Å². The van der Waals surface area contributed by atoms with Crippen molar-refractivity contribution in [3.63, 3.8) is 0 Å². The number of rotatable bonds is 3. The van der Waals surface area contributed by atoms with Crippen molar-refractivity contribution in [2.75, 3.05) is 0 Å². The Morgan fingerprint density at radius 1 is 1.18 bits per heavy atom. The Morgan fingerprint density at radius 2 is 1.95 bits per heavy atom. The first-order valence-electron chi connectivity index (χ1n) is 6.22. The molecular formula is C15H9NO5S. The Hall–Kier alpha value is -2.80. The highest BCUT2D eigenvalue weighted by Gasteiger charge is 2.24. The van der Waals surface area contributed by atoms with E-state index in [0.717, 1.165) is 11.8 Å². The minimum Gasteiger partial charge on any atom is -0.457 e.